The fraction of sp³-hybridized carbons (Fsp3) is 0.258. The van der Waals surface area contributed by atoms with Crippen LogP contribution >= 0.6 is 0 Å². The fourth-order valence-electron chi connectivity index (χ4n) is 6.68. The summed E-state index contributed by atoms with van der Waals surface area (Å²) in [6.07, 6.45) is 8.85. The first kappa shape index (κ1) is 27.0. The van der Waals surface area contributed by atoms with Gasteiger partial charge in [0.05, 0.1) is 23.1 Å². The van der Waals surface area contributed by atoms with E-state index in [0.29, 0.717) is 35.3 Å². The van der Waals surface area contributed by atoms with Gasteiger partial charge in [-0.15, -0.1) is 0 Å². The van der Waals surface area contributed by atoms with Crippen molar-refractivity contribution in [1.29, 1.82) is 0 Å². The van der Waals surface area contributed by atoms with Crippen LogP contribution in [-0.4, -0.2) is 62.1 Å². The van der Waals surface area contributed by atoms with E-state index in [1.54, 1.807) is 30.7 Å². The molecule has 2 aliphatic heterocycles. The van der Waals surface area contributed by atoms with Crippen LogP contribution in [-0.2, 0) is 9.84 Å². The normalized spacial score (nSPS) is 20.0. The second kappa shape index (κ2) is 10.2. The zero-order chi connectivity index (χ0) is 29.9. The molecule has 7 rings (SSSR count). The van der Waals surface area contributed by atoms with Gasteiger partial charge < -0.3 is 16.4 Å². The number of rotatable bonds is 5. The number of pyridine rings is 2. The summed E-state index contributed by atoms with van der Waals surface area (Å²) in [6.45, 7) is 0. The molecule has 6 heterocycles. The molecule has 1 unspecified atom stereocenters. The minimum absolute atomic E-state index is 0.00659. The third kappa shape index (κ3) is 4.58. The molecular weight excluding hydrogens is 564 g/mol. The highest BCUT2D eigenvalue weighted by atomic mass is 32.2. The lowest BCUT2D eigenvalue weighted by molar-refractivity contribution is 0.0569. The molecule has 0 aliphatic carbocycles. The van der Waals surface area contributed by atoms with Crippen molar-refractivity contribution >= 4 is 33.0 Å². The lowest BCUT2D eigenvalue weighted by Crippen LogP contribution is -2.46. The standard InChI is InChI=1S/C31H30N8O3S/c1-43(41,42)27-26(20-14-21-10-11-22(15-20)38(21)31(40)23-8-5-13-34-28(23)32)37-30-24(17-36-39(30)29(27)33)19-9-12-25(35-16-19)18-6-3-2-4-7-18/h2-9,12-13,16-17,20-22H,10-11,14-15,33H2,1H3,(H2,32,34)/t20?,21-,22+. The third-order valence-electron chi connectivity index (χ3n) is 8.60. The van der Waals surface area contributed by atoms with E-state index in [2.05, 4.69) is 15.1 Å². The monoisotopic (exact) mass is 594 g/mol. The predicted octanol–water partition coefficient (Wildman–Crippen LogP) is 3.97. The summed E-state index contributed by atoms with van der Waals surface area (Å²) in [5.74, 6) is -0.136. The van der Waals surface area contributed by atoms with Crippen LogP contribution in [0.15, 0.2) is 78.1 Å². The summed E-state index contributed by atoms with van der Waals surface area (Å²) in [4.78, 5) is 29.1. The number of benzene rings is 1. The molecule has 2 aliphatic rings. The maximum atomic E-state index is 13.5. The van der Waals surface area contributed by atoms with Crippen molar-refractivity contribution in [1.82, 2.24) is 29.5 Å². The smallest absolute Gasteiger partial charge is 0.258 e. The largest absolute Gasteiger partial charge is 0.383 e. The number of hydrogen-bond acceptors (Lipinski definition) is 9. The highest BCUT2D eigenvalue weighted by Crippen LogP contribution is 2.46. The summed E-state index contributed by atoms with van der Waals surface area (Å²) in [6, 6.07) is 17.0. The zero-order valence-electron chi connectivity index (χ0n) is 23.5. The Morgan fingerprint density at radius 3 is 2.30 bits per heavy atom. The number of carbonyl (C=O) groups is 1. The van der Waals surface area contributed by atoms with Gasteiger partial charge in [-0.05, 0) is 43.9 Å². The SMILES string of the molecule is CS(=O)(=O)c1c(C2C[C@H]3CC[C@@H](C2)N3C(=O)c2cccnc2N)nc2c(-c3ccc(-c4ccccc4)nc3)cnn2c1N. The van der Waals surface area contributed by atoms with Gasteiger partial charge in [-0.2, -0.15) is 9.61 Å². The minimum atomic E-state index is -3.76. The van der Waals surface area contributed by atoms with Crippen LogP contribution in [0, 0.1) is 0 Å². The number of anilines is 2. The molecule has 0 radical (unpaired) electrons. The highest BCUT2D eigenvalue weighted by molar-refractivity contribution is 7.91. The number of sulfone groups is 1. The number of carbonyl (C=O) groups excluding carboxylic acids is 1. The van der Waals surface area contributed by atoms with Crippen LogP contribution in [0.2, 0.25) is 0 Å². The van der Waals surface area contributed by atoms with Crippen LogP contribution in [0.4, 0.5) is 11.6 Å². The number of fused-ring (bicyclic) bond motifs is 3. The Labute approximate surface area is 248 Å². The van der Waals surface area contributed by atoms with Crippen LogP contribution in [0.25, 0.3) is 28.0 Å². The summed E-state index contributed by atoms with van der Waals surface area (Å²) in [5, 5.41) is 4.42. The van der Waals surface area contributed by atoms with E-state index in [1.807, 2.05) is 47.4 Å². The number of amides is 1. The fourth-order valence-corrected chi connectivity index (χ4v) is 7.74. The van der Waals surface area contributed by atoms with Crippen LogP contribution < -0.4 is 11.5 Å². The molecule has 43 heavy (non-hydrogen) atoms. The molecule has 1 amide bonds. The number of aromatic nitrogens is 5. The van der Waals surface area contributed by atoms with Crippen molar-refractivity contribution in [3.05, 3.63) is 84.4 Å². The molecule has 11 nitrogen and oxygen atoms in total. The first-order valence-corrected chi connectivity index (χ1v) is 16.0. The lowest BCUT2D eigenvalue weighted by atomic mass is 9.87. The Balaban J connectivity index is 1.27. The van der Waals surface area contributed by atoms with Gasteiger partial charge in [0.25, 0.3) is 5.91 Å². The van der Waals surface area contributed by atoms with E-state index in [0.717, 1.165) is 35.9 Å². The van der Waals surface area contributed by atoms with E-state index in [1.165, 1.54) is 4.52 Å². The first-order valence-electron chi connectivity index (χ1n) is 14.1. The molecule has 2 bridgehead atoms. The number of nitrogen functional groups attached to an aromatic ring is 2. The van der Waals surface area contributed by atoms with Crippen molar-refractivity contribution in [2.75, 3.05) is 17.7 Å². The highest BCUT2D eigenvalue weighted by Gasteiger charge is 2.46. The van der Waals surface area contributed by atoms with Crippen LogP contribution in [0.3, 0.4) is 0 Å². The third-order valence-corrected chi connectivity index (χ3v) is 9.76. The van der Waals surface area contributed by atoms with E-state index >= 15 is 0 Å². The Morgan fingerprint density at radius 1 is 0.907 bits per heavy atom. The molecule has 218 valence electrons. The molecule has 2 saturated heterocycles. The summed E-state index contributed by atoms with van der Waals surface area (Å²) in [5.41, 5.74) is 17.1. The number of hydrogen-bond donors (Lipinski definition) is 2. The first-order chi connectivity index (χ1) is 20.7. The van der Waals surface area contributed by atoms with Gasteiger partial charge in [-0.1, -0.05) is 36.4 Å². The number of piperidine rings is 1. The Kier molecular flexibility index (Phi) is 6.38. The average molecular weight is 595 g/mol. The molecule has 0 saturated carbocycles. The van der Waals surface area contributed by atoms with Crippen molar-refractivity contribution in [2.24, 2.45) is 0 Å². The molecule has 0 spiro atoms. The summed E-state index contributed by atoms with van der Waals surface area (Å²) < 4.78 is 27.6. The van der Waals surface area contributed by atoms with Gasteiger partial charge >= 0.3 is 0 Å². The Morgan fingerprint density at radius 2 is 1.65 bits per heavy atom. The Hall–Kier alpha value is -4.84. The molecule has 3 atom stereocenters. The number of nitrogens with two attached hydrogens (primary N) is 2. The van der Waals surface area contributed by atoms with Gasteiger partial charge in [-0.25, -0.2) is 18.4 Å². The molecule has 1 aromatic carbocycles. The van der Waals surface area contributed by atoms with Crippen molar-refractivity contribution in [3.63, 3.8) is 0 Å². The van der Waals surface area contributed by atoms with Gasteiger partial charge in [0.2, 0.25) is 0 Å². The van der Waals surface area contributed by atoms with E-state index in [-0.39, 0.29) is 40.4 Å². The van der Waals surface area contributed by atoms with Gasteiger partial charge in [0.15, 0.2) is 15.5 Å². The Bertz CT molecular complexity index is 1960. The van der Waals surface area contributed by atoms with Gasteiger partial charge in [0, 0.05) is 53.3 Å². The zero-order valence-corrected chi connectivity index (χ0v) is 24.3. The average Bonchev–Trinajstić information content (AvgIpc) is 3.55. The molecule has 2 fully saturated rings. The lowest BCUT2D eigenvalue weighted by Gasteiger charge is -2.39. The van der Waals surface area contributed by atoms with E-state index in [4.69, 9.17) is 16.5 Å². The van der Waals surface area contributed by atoms with Crippen molar-refractivity contribution in [3.8, 4) is 22.4 Å². The van der Waals surface area contributed by atoms with Crippen molar-refractivity contribution in [2.45, 2.75) is 48.6 Å². The predicted molar refractivity (Wildman–Crippen MR) is 163 cm³/mol. The molecule has 4 N–H and O–H groups in total. The maximum absolute atomic E-state index is 13.5. The minimum Gasteiger partial charge on any atom is -0.383 e. The van der Waals surface area contributed by atoms with Gasteiger partial charge in [-0.3, -0.25) is 9.78 Å². The quantitative estimate of drug-likeness (QED) is 0.306. The van der Waals surface area contributed by atoms with E-state index in [9.17, 15) is 13.2 Å². The van der Waals surface area contributed by atoms with Crippen LogP contribution in [0.5, 0.6) is 0 Å². The maximum Gasteiger partial charge on any atom is 0.258 e. The summed E-state index contributed by atoms with van der Waals surface area (Å²) in [7, 11) is -3.76. The van der Waals surface area contributed by atoms with E-state index < -0.39 is 9.84 Å². The second-order valence-electron chi connectivity index (χ2n) is 11.3. The molecule has 12 heteroatoms. The molecule has 4 aromatic heterocycles. The van der Waals surface area contributed by atoms with Crippen molar-refractivity contribution < 1.29 is 13.2 Å². The molecule has 5 aromatic rings. The summed E-state index contributed by atoms with van der Waals surface area (Å²) >= 11 is 0. The molecular formula is C31H30N8O3S. The van der Waals surface area contributed by atoms with Gasteiger partial charge in [0.1, 0.15) is 16.5 Å². The van der Waals surface area contributed by atoms with Crippen LogP contribution in [0.1, 0.15) is 47.7 Å². The topological polar surface area (TPSA) is 162 Å². The number of nitrogens with zero attached hydrogens (tertiary/aromatic N) is 6. The second-order valence-corrected chi connectivity index (χ2v) is 13.2.